The van der Waals surface area contributed by atoms with Gasteiger partial charge in [-0.3, -0.25) is 4.79 Å². The quantitative estimate of drug-likeness (QED) is 0.451. The number of methoxy groups -OCH3 is 3. The number of carbonyl (C=O) groups is 3. The number of benzene rings is 2. The van der Waals surface area contributed by atoms with E-state index in [1.807, 2.05) is 0 Å². The number of para-hydroxylation sites is 1. The van der Waals surface area contributed by atoms with Crippen LogP contribution in [-0.2, 0) is 14.3 Å². The van der Waals surface area contributed by atoms with Gasteiger partial charge in [-0.05, 0) is 40.2 Å². The van der Waals surface area contributed by atoms with Crippen LogP contribution in [-0.4, -0.2) is 55.6 Å². The maximum Gasteiger partial charge on any atom is 0.357 e. The molecule has 11 heteroatoms. The molecule has 0 saturated carbocycles. The number of ether oxygens (including phenoxy) is 4. The highest BCUT2D eigenvalue weighted by atomic mass is 79.9. The van der Waals surface area contributed by atoms with E-state index in [1.54, 1.807) is 36.4 Å². The molecule has 10 nitrogen and oxygen atoms in total. The average molecular weight is 518 g/mol. The zero-order valence-corrected chi connectivity index (χ0v) is 19.5. The van der Waals surface area contributed by atoms with E-state index in [1.165, 1.54) is 32.1 Å². The Morgan fingerprint density at radius 1 is 1.00 bits per heavy atom. The minimum Gasteiger partial charge on any atom is -0.493 e. The van der Waals surface area contributed by atoms with Gasteiger partial charge in [0.2, 0.25) is 0 Å². The summed E-state index contributed by atoms with van der Waals surface area (Å²) in [6.45, 7) is -0.356. The van der Waals surface area contributed by atoms with Crippen LogP contribution in [0, 0.1) is 0 Å². The Morgan fingerprint density at radius 3 is 2.24 bits per heavy atom. The van der Waals surface area contributed by atoms with E-state index in [4.69, 9.17) is 24.7 Å². The van der Waals surface area contributed by atoms with E-state index >= 15 is 0 Å². The van der Waals surface area contributed by atoms with Crippen molar-refractivity contribution in [3.05, 3.63) is 58.2 Å². The zero-order valence-electron chi connectivity index (χ0n) is 18.0. The Balaban J connectivity index is 2.30. The van der Waals surface area contributed by atoms with E-state index in [2.05, 4.69) is 21.0 Å². The van der Waals surface area contributed by atoms with Crippen LogP contribution < -0.4 is 15.2 Å². The third-order valence-corrected chi connectivity index (χ3v) is 5.19. The van der Waals surface area contributed by atoms with Gasteiger partial charge in [-0.1, -0.05) is 18.2 Å². The molecule has 0 fully saturated rings. The summed E-state index contributed by atoms with van der Waals surface area (Å²) >= 11 is 3.43. The van der Waals surface area contributed by atoms with Crippen LogP contribution in [0.15, 0.2) is 46.9 Å². The zero-order chi connectivity index (χ0) is 24.1. The highest BCUT2D eigenvalue weighted by Crippen LogP contribution is 2.40. The Bertz CT molecular complexity index is 1210. The van der Waals surface area contributed by atoms with Crippen LogP contribution in [0.5, 0.6) is 11.5 Å². The van der Waals surface area contributed by atoms with Crippen LogP contribution in [0.3, 0.4) is 0 Å². The van der Waals surface area contributed by atoms with Gasteiger partial charge in [0.15, 0.2) is 23.8 Å². The second-order valence-corrected chi connectivity index (χ2v) is 7.39. The monoisotopic (exact) mass is 517 g/mol. The fraction of sp³-hybridized carbons (Fsp3) is 0.182. The van der Waals surface area contributed by atoms with Gasteiger partial charge in [0.05, 0.1) is 27.0 Å². The number of nitrogens with zero attached hydrogens (tertiary/aromatic N) is 2. The fourth-order valence-electron chi connectivity index (χ4n) is 3.08. The van der Waals surface area contributed by atoms with Crippen LogP contribution in [0.4, 0.5) is 0 Å². The summed E-state index contributed by atoms with van der Waals surface area (Å²) in [5.41, 5.74) is 6.01. The van der Waals surface area contributed by atoms with E-state index in [0.717, 1.165) is 0 Å². The molecule has 33 heavy (non-hydrogen) atoms. The number of carbonyl (C=O) groups excluding carboxylic acids is 3. The second-order valence-electron chi connectivity index (χ2n) is 6.54. The van der Waals surface area contributed by atoms with Gasteiger partial charge in [0.1, 0.15) is 11.3 Å². The van der Waals surface area contributed by atoms with Crippen LogP contribution >= 0.6 is 15.9 Å². The lowest BCUT2D eigenvalue weighted by Gasteiger charge is -2.13. The minimum atomic E-state index is -0.785. The molecule has 0 saturated heterocycles. The Labute approximate surface area is 197 Å². The molecule has 0 spiro atoms. The molecule has 2 aromatic carbocycles. The number of aromatic nitrogens is 2. The Morgan fingerprint density at radius 2 is 1.67 bits per heavy atom. The summed E-state index contributed by atoms with van der Waals surface area (Å²) < 4.78 is 22.4. The molecule has 0 unspecified atom stereocenters. The fourth-order valence-corrected chi connectivity index (χ4v) is 3.59. The first kappa shape index (κ1) is 23.8. The molecule has 172 valence electrons. The summed E-state index contributed by atoms with van der Waals surface area (Å²) in [7, 11) is 3.81. The molecule has 0 radical (unpaired) electrons. The number of hydrogen-bond acceptors (Lipinski definition) is 8. The number of rotatable bonds is 8. The first-order valence-corrected chi connectivity index (χ1v) is 10.3. The van der Waals surface area contributed by atoms with Crippen molar-refractivity contribution in [1.29, 1.82) is 0 Å². The van der Waals surface area contributed by atoms with Gasteiger partial charge in [0.25, 0.3) is 5.91 Å². The van der Waals surface area contributed by atoms with Crippen molar-refractivity contribution in [2.45, 2.75) is 0 Å². The normalized spacial score (nSPS) is 10.4. The standard InChI is InChI=1S/C22H20BrN3O7/c1-30-15-9-13(14(23)10-16(15)33-11-17(24)27)19-18(21(28)31-2)20(22(29)32-3)26(25-19)12-7-5-4-6-8-12/h4-10H,11H2,1-3H3,(H2,24,27). The summed E-state index contributed by atoms with van der Waals surface area (Å²) in [5.74, 6) is -1.73. The second kappa shape index (κ2) is 10.2. The van der Waals surface area contributed by atoms with E-state index in [0.29, 0.717) is 15.7 Å². The molecular weight excluding hydrogens is 498 g/mol. The third kappa shape index (κ3) is 4.82. The van der Waals surface area contributed by atoms with E-state index < -0.39 is 17.8 Å². The maximum absolute atomic E-state index is 12.8. The van der Waals surface area contributed by atoms with E-state index in [9.17, 15) is 14.4 Å². The molecule has 0 aliphatic heterocycles. The summed E-state index contributed by atoms with van der Waals surface area (Å²) in [4.78, 5) is 36.6. The number of primary amides is 1. The van der Waals surface area contributed by atoms with Gasteiger partial charge in [-0.2, -0.15) is 5.10 Å². The minimum absolute atomic E-state index is 0.0956. The molecular formula is C22H20BrN3O7. The molecule has 2 N–H and O–H groups in total. The third-order valence-electron chi connectivity index (χ3n) is 4.53. The smallest absolute Gasteiger partial charge is 0.357 e. The summed E-state index contributed by atoms with van der Waals surface area (Å²) in [5, 5.41) is 4.54. The number of amides is 1. The van der Waals surface area contributed by atoms with Crippen LogP contribution in [0.1, 0.15) is 20.8 Å². The molecule has 0 bridgehead atoms. The van der Waals surface area contributed by atoms with Gasteiger partial charge in [0, 0.05) is 10.0 Å². The molecule has 0 aliphatic rings. The lowest BCUT2D eigenvalue weighted by Crippen LogP contribution is -2.20. The molecule has 0 atom stereocenters. The van der Waals surface area contributed by atoms with E-state index in [-0.39, 0.29) is 35.1 Å². The highest BCUT2D eigenvalue weighted by Gasteiger charge is 2.32. The molecule has 3 rings (SSSR count). The van der Waals surface area contributed by atoms with Crippen molar-refractivity contribution < 1.29 is 33.3 Å². The first-order valence-electron chi connectivity index (χ1n) is 9.46. The van der Waals surface area contributed by atoms with Gasteiger partial charge in [-0.15, -0.1) is 0 Å². The highest BCUT2D eigenvalue weighted by molar-refractivity contribution is 9.10. The van der Waals surface area contributed by atoms with Gasteiger partial charge < -0.3 is 24.7 Å². The van der Waals surface area contributed by atoms with Crippen molar-refractivity contribution in [1.82, 2.24) is 9.78 Å². The largest absolute Gasteiger partial charge is 0.493 e. The van der Waals surface area contributed by atoms with Crippen molar-refractivity contribution in [3.63, 3.8) is 0 Å². The number of halogens is 1. The average Bonchev–Trinajstić information content (AvgIpc) is 3.22. The van der Waals surface area contributed by atoms with Gasteiger partial charge in [-0.25, -0.2) is 14.3 Å². The summed E-state index contributed by atoms with van der Waals surface area (Å²) in [6, 6.07) is 11.9. The van der Waals surface area contributed by atoms with Crippen molar-refractivity contribution in [2.75, 3.05) is 27.9 Å². The lowest BCUT2D eigenvalue weighted by atomic mass is 10.0. The summed E-state index contributed by atoms with van der Waals surface area (Å²) in [6.07, 6.45) is 0. The van der Waals surface area contributed by atoms with Crippen LogP contribution in [0.25, 0.3) is 16.9 Å². The number of hydrogen-bond donors (Lipinski definition) is 1. The maximum atomic E-state index is 12.8. The molecule has 1 aromatic heterocycles. The number of nitrogens with two attached hydrogens (primary N) is 1. The SMILES string of the molecule is COC(=O)c1c(-c2cc(OC)c(OCC(N)=O)cc2Br)nn(-c2ccccc2)c1C(=O)OC. The Hall–Kier alpha value is -3.86. The van der Waals surface area contributed by atoms with Crippen molar-refractivity contribution >= 4 is 33.8 Å². The predicted octanol–water partition coefficient (Wildman–Crippen LogP) is 2.75. The topological polar surface area (TPSA) is 132 Å². The van der Waals surface area contributed by atoms with Crippen molar-refractivity contribution in [3.8, 4) is 28.4 Å². The predicted molar refractivity (Wildman–Crippen MR) is 121 cm³/mol. The first-order chi connectivity index (χ1) is 15.8. The van der Waals surface area contributed by atoms with Crippen molar-refractivity contribution in [2.24, 2.45) is 5.73 Å². The van der Waals surface area contributed by atoms with Gasteiger partial charge >= 0.3 is 11.9 Å². The molecule has 0 aliphatic carbocycles. The molecule has 1 amide bonds. The van der Waals surface area contributed by atoms with Crippen LogP contribution in [0.2, 0.25) is 0 Å². The Kier molecular flexibility index (Phi) is 7.34. The number of esters is 2. The lowest BCUT2D eigenvalue weighted by molar-refractivity contribution is -0.119. The molecule has 1 heterocycles. The molecule has 3 aromatic rings.